The minimum Gasteiger partial charge on any atom is -0.444 e. The second kappa shape index (κ2) is 11.9. The monoisotopic (exact) mass is 563 g/mol. The molecule has 2 aromatic rings. The number of benzene rings is 2. The highest BCUT2D eigenvalue weighted by Gasteiger charge is 2.31. The van der Waals surface area contributed by atoms with Gasteiger partial charge < -0.3 is 15.0 Å². The van der Waals surface area contributed by atoms with Gasteiger partial charge in [-0.1, -0.05) is 53.0 Å². The number of likely N-dealkylation sites (tertiary alicyclic amines) is 1. The summed E-state index contributed by atoms with van der Waals surface area (Å²) in [4.78, 5) is 16.9. The van der Waals surface area contributed by atoms with Gasteiger partial charge in [0.2, 0.25) is 0 Å². The van der Waals surface area contributed by atoms with E-state index < -0.39 is 5.60 Å². The van der Waals surface area contributed by atoms with Crippen LogP contribution < -0.4 is 5.32 Å². The zero-order valence-electron chi connectivity index (χ0n) is 22.0. The Labute approximate surface area is 235 Å². The third-order valence-corrected chi connectivity index (χ3v) is 7.84. The topological polar surface area (TPSA) is 44.8 Å². The number of nitrogens with zero attached hydrogens (tertiary/aromatic N) is 2. The first kappa shape index (κ1) is 28.1. The van der Waals surface area contributed by atoms with E-state index in [4.69, 9.17) is 39.5 Å². The first-order valence-corrected chi connectivity index (χ1v) is 14.1. The Morgan fingerprint density at radius 3 is 2.54 bits per heavy atom. The first-order chi connectivity index (χ1) is 17.5. The van der Waals surface area contributed by atoms with Crippen LogP contribution in [0.4, 0.5) is 10.5 Å². The quantitative estimate of drug-likeness (QED) is 0.397. The lowest BCUT2D eigenvalue weighted by Crippen LogP contribution is -2.51. The van der Waals surface area contributed by atoms with Crippen molar-refractivity contribution in [1.29, 1.82) is 0 Å². The Morgan fingerprint density at radius 1 is 1.08 bits per heavy atom. The van der Waals surface area contributed by atoms with E-state index >= 15 is 0 Å². The number of ether oxygens (including phenoxy) is 1. The summed E-state index contributed by atoms with van der Waals surface area (Å²) < 4.78 is 5.60. The van der Waals surface area contributed by atoms with Crippen LogP contribution in [0.15, 0.2) is 42.5 Å². The van der Waals surface area contributed by atoms with Crippen molar-refractivity contribution < 1.29 is 9.53 Å². The predicted molar refractivity (Wildman–Crippen MR) is 155 cm³/mol. The molecule has 0 saturated carbocycles. The van der Waals surface area contributed by atoms with Crippen molar-refractivity contribution in [1.82, 2.24) is 9.80 Å². The molecule has 8 heteroatoms. The number of hydrogen-bond acceptors (Lipinski definition) is 4. The van der Waals surface area contributed by atoms with Gasteiger partial charge in [0.15, 0.2) is 0 Å². The number of anilines is 1. The van der Waals surface area contributed by atoms with E-state index in [0.717, 1.165) is 56.7 Å². The maximum absolute atomic E-state index is 12.6. The minimum absolute atomic E-state index is 0.0347. The van der Waals surface area contributed by atoms with Crippen LogP contribution in [0.3, 0.4) is 0 Å². The van der Waals surface area contributed by atoms with Crippen molar-refractivity contribution in [3.05, 3.63) is 68.7 Å². The van der Waals surface area contributed by atoms with Crippen LogP contribution in [0, 0.1) is 0 Å². The molecule has 5 nitrogen and oxygen atoms in total. The standard InChI is InChI=1S/C29H36Cl3N3O2/c1-19(24-9-8-22(30)17-26(24)32)33-27-16-21(7-10-25(27)31)20-11-14-34(15-12-20)23-6-5-13-35(18-23)28(36)37-29(2,3)4/h7-11,16-17,19,23,33H,5-6,12-15,18H2,1-4H3/t19-,23?/m1/s1. The molecular weight excluding hydrogens is 529 g/mol. The number of halogens is 3. The second-order valence-electron chi connectivity index (χ2n) is 10.9. The molecule has 0 radical (unpaired) electrons. The lowest BCUT2D eigenvalue weighted by Gasteiger charge is -2.40. The third kappa shape index (κ3) is 7.35. The molecular formula is C29H36Cl3N3O2. The molecule has 2 aliphatic heterocycles. The molecule has 0 bridgehead atoms. The van der Waals surface area contributed by atoms with Gasteiger partial charge in [0.05, 0.1) is 16.8 Å². The molecule has 1 amide bonds. The van der Waals surface area contributed by atoms with Crippen molar-refractivity contribution in [3.63, 3.8) is 0 Å². The van der Waals surface area contributed by atoms with Crippen molar-refractivity contribution >= 4 is 52.2 Å². The number of carbonyl (C=O) groups excluding carboxylic acids is 1. The number of nitrogens with one attached hydrogen (secondary N) is 1. The van der Waals surface area contributed by atoms with Crippen LogP contribution >= 0.6 is 34.8 Å². The SMILES string of the molecule is C[C@@H](Nc1cc(C2=CCN(C3CCCN(C(=O)OC(C)(C)C)C3)CC2)ccc1Cl)c1ccc(Cl)cc1Cl. The van der Waals surface area contributed by atoms with E-state index in [2.05, 4.69) is 35.3 Å². The van der Waals surface area contributed by atoms with Gasteiger partial charge in [0.25, 0.3) is 0 Å². The largest absolute Gasteiger partial charge is 0.444 e. The molecule has 2 heterocycles. The van der Waals surface area contributed by atoms with E-state index in [1.807, 2.05) is 43.9 Å². The molecule has 0 aromatic heterocycles. The van der Waals surface area contributed by atoms with Crippen LogP contribution in [-0.4, -0.2) is 53.7 Å². The maximum atomic E-state index is 12.6. The number of carbonyl (C=O) groups is 1. The summed E-state index contributed by atoms with van der Waals surface area (Å²) in [5, 5.41) is 5.42. The average molecular weight is 565 g/mol. The third-order valence-electron chi connectivity index (χ3n) is 6.94. The Balaban J connectivity index is 1.40. The summed E-state index contributed by atoms with van der Waals surface area (Å²) in [5.74, 6) is 0. The molecule has 1 saturated heterocycles. The summed E-state index contributed by atoms with van der Waals surface area (Å²) >= 11 is 19.0. The van der Waals surface area contributed by atoms with Gasteiger partial charge in [-0.2, -0.15) is 0 Å². The van der Waals surface area contributed by atoms with Gasteiger partial charge in [0.1, 0.15) is 5.60 Å². The zero-order valence-corrected chi connectivity index (χ0v) is 24.3. The summed E-state index contributed by atoms with van der Waals surface area (Å²) in [7, 11) is 0. The summed E-state index contributed by atoms with van der Waals surface area (Å²) in [6.07, 6.45) is 5.15. The number of piperidine rings is 1. The van der Waals surface area contributed by atoms with Gasteiger partial charge in [-0.15, -0.1) is 0 Å². The van der Waals surface area contributed by atoms with Gasteiger partial charge >= 0.3 is 6.09 Å². The molecule has 200 valence electrons. The van der Waals surface area contributed by atoms with Crippen molar-refractivity contribution in [2.24, 2.45) is 0 Å². The summed E-state index contributed by atoms with van der Waals surface area (Å²) in [5.41, 5.74) is 3.85. The molecule has 4 rings (SSSR count). The molecule has 1 unspecified atom stereocenters. The fourth-order valence-electron chi connectivity index (χ4n) is 5.02. The molecule has 1 N–H and O–H groups in total. The lowest BCUT2D eigenvalue weighted by atomic mass is 9.96. The van der Waals surface area contributed by atoms with Crippen molar-refractivity contribution in [2.45, 2.75) is 64.6 Å². The molecule has 2 aromatic carbocycles. The lowest BCUT2D eigenvalue weighted by molar-refractivity contribution is 0.0114. The highest BCUT2D eigenvalue weighted by atomic mass is 35.5. The van der Waals surface area contributed by atoms with E-state index in [1.54, 1.807) is 6.07 Å². The van der Waals surface area contributed by atoms with Crippen molar-refractivity contribution in [2.75, 3.05) is 31.5 Å². The van der Waals surface area contributed by atoms with E-state index in [-0.39, 0.29) is 12.1 Å². The zero-order chi connectivity index (χ0) is 26.7. The predicted octanol–water partition coefficient (Wildman–Crippen LogP) is 8.31. The van der Waals surface area contributed by atoms with E-state index in [0.29, 0.717) is 21.1 Å². The van der Waals surface area contributed by atoms with Crippen LogP contribution in [0.5, 0.6) is 0 Å². The second-order valence-corrected chi connectivity index (χ2v) is 12.2. The van der Waals surface area contributed by atoms with Crippen LogP contribution in [0.1, 0.15) is 64.1 Å². The normalized spacial score (nSPS) is 19.8. The van der Waals surface area contributed by atoms with Crippen LogP contribution in [0.2, 0.25) is 15.1 Å². The smallest absolute Gasteiger partial charge is 0.410 e. The fraction of sp³-hybridized carbons (Fsp3) is 0.483. The van der Waals surface area contributed by atoms with E-state index in [9.17, 15) is 4.79 Å². The van der Waals surface area contributed by atoms with Gasteiger partial charge in [-0.25, -0.2) is 4.79 Å². The van der Waals surface area contributed by atoms with Crippen LogP contribution in [-0.2, 0) is 4.74 Å². The number of hydrogen-bond donors (Lipinski definition) is 1. The van der Waals surface area contributed by atoms with Crippen molar-refractivity contribution in [3.8, 4) is 0 Å². The Hall–Kier alpha value is -1.92. The first-order valence-electron chi connectivity index (χ1n) is 12.9. The Kier molecular flexibility index (Phi) is 9.00. The van der Waals surface area contributed by atoms with Gasteiger partial charge in [-0.3, -0.25) is 4.90 Å². The highest BCUT2D eigenvalue weighted by Crippen LogP contribution is 2.34. The number of rotatable bonds is 5. The van der Waals surface area contributed by atoms with Gasteiger partial charge in [-0.05, 0) is 87.9 Å². The highest BCUT2D eigenvalue weighted by molar-refractivity contribution is 6.35. The van der Waals surface area contributed by atoms with E-state index in [1.165, 1.54) is 11.1 Å². The molecule has 2 aliphatic rings. The van der Waals surface area contributed by atoms with Crippen LogP contribution in [0.25, 0.3) is 5.57 Å². The molecule has 1 fully saturated rings. The Morgan fingerprint density at radius 2 is 1.86 bits per heavy atom. The molecule has 0 aliphatic carbocycles. The Bertz CT molecular complexity index is 1160. The number of amides is 1. The van der Waals surface area contributed by atoms with Gasteiger partial charge in [0, 0.05) is 42.3 Å². The maximum Gasteiger partial charge on any atom is 0.410 e. The minimum atomic E-state index is -0.474. The average Bonchev–Trinajstić information content (AvgIpc) is 2.84. The fourth-order valence-corrected chi connectivity index (χ4v) is 5.77. The summed E-state index contributed by atoms with van der Waals surface area (Å²) in [6, 6.07) is 12.0. The molecule has 37 heavy (non-hydrogen) atoms. The summed E-state index contributed by atoms with van der Waals surface area (Å²) in [6.45, 7) is 11.1. The molecule has 2 atom stereocenters. The molecule has 0 spiro atoms.